The van der Waals surface area contributed by atoms with Crippen LogP contribution in [0.4, 0.5) is 0 Å². The summed E-state index contributed by atoms with van der Waals surface area (Å²) in [7, 11) is 4.47. The molecule has 0 aromatic rings. The van der Waals surface area contributed by atoms with Crippen LogP contribution >= 0.6 is 22.6 Å². The predicted octanol–water partition coefficient (Wildman–Crippen LogP) is 1.13. The van der Waals surface area contributed by atoms with Crippen LogP contribution in [-0.4, -0.2) is 49.2 Å². The Labute approximate surface area is 114 Å². The third kappa shape index (κ3) is 1.64. The SMILES string of the molecule is COC(=O)[C@H]1C(OC)(OC)[C@H]2CC[C@]1(CI)O2. The van der Waals surface area contributed by atoms with E-state index in [4.69, 9.17) is 18.9 Å². The summed E-state index contributed by atoms with van der Waals surface area (Å²) in [5, 5.41) is 0. The minimum Gasteiger partial charge on any atom is -0.469 e. The van der Waals surface area contributed by atoms with Gasteiger partial charge in [0.25, 0.3) is 0 Å². The summed E-state index contributed by atoms with van der Waals surface area (Å²) in [5.41, 5.74) is -0.510. The zero-order valence-electron chi connectivity index (χ0n) is 10.2. The summed E-state index contributed by atoms with van der Waals surface area (Å²) in [5.74, 6) is -1.85. The minimum absolute atomic E-state index is 0.198. The molecule has 0 saturated carbocycles. The standard InChI is InChI=1S/C11H17IO5/c1-14-9(13)8-10(6-12)5-4-7(17-10)11(8,15-2)16-3/h7-8H,4-6H2,1-3H3/t7-,8-,10-/m1/s1. The second-order valence-electron chi connectivity index (χ2n) is 4.43. The smallest absolute Gasteiger partial charge is 0.317 e. The molecule has 2 rings (SSSR count). The van der Waals surface area contributed by atoms with Gasteiger partial charge in [-0.2, -0.15) is 0 Å². The molecule has 98 valence electrons. The maximum atomic E-state index is 12.0. The number of fused-ring (bicyclic) bond motifs is 2. The lowest BCUT2D eigenvalue weighted by Gasteiger charge is -2.40. The molecule has 2 saturated heterocycles. The van der Waals surface area contributed by atoms with Gasteiger partial charge >= 0.3 is 5.97 Å². The van der Waals surface area contributed by atoms with Crippen molar-refractivity contribution in [2.75, 3.05) is 25.8 Å². The van der Waals surface area contributed by atoms with Crippen molar-refractivity contribution < 1.29 is 23.7 Å². The molecule has 2 aliphatic rings. The van der Waals surface area contributed by atoms with Crippen molar-refractivity contribution in [2.45, 2.75) is 30.3 Å². The van der Waals surface area contributed by atoms with E-state index in [-0.39, 0.29) is 12.1 Å². The highest BCUT2D eigenvalue weighted by Crippen LogP contribution is 2.56. The second-order valence-corrected chi connectivity index (χ2v) is 5.19. The summed E-state index contributed by atoms with van der Waals surface area (Å²) in [6.45, 7) is 0. The van der Waals surface area contributed by atoms with Crippen LogP contribution in [0.5, 0.6) is 0 Å². The van der Waals surface area contributed by atoms with Gasteiger partial charge in [0.15, 0.2) is 0 Å². The van der Waals surface area contributed by atoms with Gasteiger partial charge in [0.05, 0.1) is 12.7 Å². The number of ether oxygens (including phenoxy) is 4. The predicted molar refractivity (Wildman–Crippen MR) is 68.0 cm³/mol. The van der Waals surface area contributed by atoms with Gasteiger partial charge in [-0.3, -0.25) is 4.79 Å². The Kier molecular flexibility index (Phi) is 3.69. The molecule has 0 aromatic heterocycles. The normalized spacial score (nSPS) is 38.4. The first-order valence-electron chi connectivity index (χ1n) is 5.52. The third-order valence-electron chi connectivity index (χ3n) is 3.89. The first-order chi connectivity index (χ1) is 8.10. The molecule has 2 fully saturated rings. The first-order valence-corrected chi connectivity index (χ1v) is 7.04. The van der Waals surface area contributed by atoms with E-state index in [1.165, 1.54) is 7.11 Å². The molecule has 0 unspecified atom stereocenters. The Morgan fingerprint density at radius 1 is 1.41 bits per heavy atom. The number of hydrogen-bond acceptors (Lipinski definition) is 5. The summed E-state index contributed by atoms with van der Waals surface area (Å²) < 4.78 is 22.6. The molecule has 3 atom stereocenters. The molecule has 2 heterocycles. The number of hydrogen-bond donors (Lipinski definition) is 0. The maximum absolute atomic E-state index is 12.0. The van der Waals surface area contributed by atoms with Crippen LogP contribution in [0.15, 0.2) is 0 Å². The Morgan fingerprint density at radius 2 is 2.06 bits per heavy atom. The molecule has 0 N–H and O–H groups in total. The van der Waals surface area contributed by atoms with Gasteiger partial charge in [-0.15, -0.1) is 0 Å². The number of alkyl halides is 1. The lowest BCUT2D eigenvalue weighted by atomic mass is 9.75. The Morgan fingerprint density at radius 3 is 2.53 bits per heavy atom. The number of carbonyl (C=O) groups is 1. The summed E-state index contributed by atoms with van der Waals surface area (Å²) in [6, 6.07) is 0. The molecular formula is C11H17IO5. The van der Waals surface area contributed by atoms with Gasteiger partial charge in [0, 0.05) is 18.6 Å². The molecule has 0 spiro atoms. The highest BCUT2D eigenvalue weighted by molar-refractivity contribution is 14.1. The number of halogens is 1. The van der Waals surface area contributed by atoms with Crippen molar-refractivity contribution in [3.8, 4) is 0 Å². The molecule has 5 nitrogen and oxygen atoms in total. The van der Waals surface area contributed by atoms with Gasteiger partial charge in [-0.1, -0.05) is 22.6 Å². The Hall–Kier alpha value is 0.0800. The van der Waals surface area contributed by atoms with Gasteiger partial charge in [-0.05, 0) is 12.8 Å². The van der Waals surface area contributed by atoms with Crippen LogP contribution in [0.2, 0.25) is 0 Å². The largest absolute Gasteiger partial charge is 0.469 e. The minimum atomic E-state index is -1.00. The van der Waals surface area contributed by atoms with E-state index in [1.54, 1.807) is 14.2 Å². The lowest BCUT2D eigenvalue weighted by molar-refractivity contribution is -0.255. The second kappa shape index (κ2) is 4.64. The molecular weight excluding hydrogens is 339 g/mol. The van der Waals surface area contributed by atoms with Crippen molar-refractivity contribution in [3.05, 3.63) is 0 Å². The molecule has 0 radical (unpaired) electrons. The molecule has 0 aliphatic carbocycles. The van der Waals surface area contributed by atoms with Gasteiger partial charge in [0.1, 0.15) is 12.0 Å². The number of rotatable bonds is 4. The van der Waals surface area contributed by atoms with Crippen molar-refractivity contribution in [1.29, 1.82) is 0 Å². The van der Waals surface area contributed by atoms with Crippen molar-refractivity contribution >= 4 is 28.6 Å². The maximum Gasteiger partial charge on any atom is 0.317 e. The fourth-order valence-electron chi connectivity index (χ4n) is 3.08. The van der Waals surface area contributed by atoms with E-state index in [0.717, 1.165) is 17.3 Å². The fraction of sp³-hybridized carbons (Fsp3) is 0.909. The van der Waals surface area contributed by atoms with E-state index in [1.807, 2.05) is 0 Å². The molecule has 2 bridgehead atoms. The number of carbonyl (C=O) groups excluding carboxylic acids is 1. The van der Waals surface area contributed by atoms with Crippen LogP contribution in [0.1, 0.15) is 12.8 Å². The highest BCUT2D eigenvalue weighted by atomic mass is 127. The van der Waals surface area contributed by atoms with Crippen LogP contribution in [-0.2, 0) is 23.7 Å². The van der Waals surface area contributed by atoms with Crippen molar-refractivity contribution in [2.24, 2.45) is 5.92 Å². The van der Waals surface area contributed by atoms with Gasteiger partial charge in [-0.25, -0.2) is 0 Å². The van der Waals surface area contributed by atoms with Crippen LogP contribution < -0.4 is 0 Å². The monoisotopic (exact) mass is 356 g/mol. The number of methoxy groups -OCH3 is 3. The lowest BCUT2D eigenvalue weighted by Crippen LogP contribution is -2.57. The highest BCUT2D eigenvalue weighted by Gasteiger charge is 2.71. The molecule has 6 heteroatoms. The quantitative estimate of drug-likeness (QED) is 0.327. The van der Waals surface area contributed by atoms with E-state index in [9.17, 15) is 4.79 Å². The van der Waals surface area contributed by atoms with Crippen molar-refractivity contribution in [3.63, 3.8) is 0 Å². The summed E-state index contributed by atoms with van der Waals surface area (Å²) >= 11 is 2.24. The van der Waals surface area contributed by atoms with E-state index in [0.29, 0.717) is 0 Å². The Balaban J connectivity index is 2.43. The number of esters is 1. The van der Waals surface area contributed by atoms with Crippen LogP contribution in [0.3, 0.4) is 0 Å². The molecule has 2 aliphatic heterocycles. The first kappa shape index (κ1) is 13.5. The van der Waals surface area contributed by atoms with E-state index in [2.05, 4.69) is 22.6 Å². The zero-order chi connectivity index (χ0) is 12.7. The average molecular weight is 356 g/mol. The van der Waals surface area contributed by atoms with E-state index < -0.39 is 17.3 Å². The van der Waals surface area contributed by atoms with E-state index >= 15 is 0 Å². The topological polar surface area (TPSA) is 54.0 Å². The molecule has 17 heavy (non-hydrogen) atoms. The fourth-order valence-corrected chi connectivity index (χ4v) is 4.08. The molecule has 0 amide bonds. The molecule has 0 aromatic carbocycles. The van der Waals surface area contributed by atoms with Gasteiger partial charge < -0.3 is 18.9 Å². The average Bonchev–Trinajstić information content (AvgIpc) is 2.92. The van der Waals surface area contributed by atoms with Crippen molar-refractivity contribution in [1.82, 2.24) is 0 Å². The van der Waals surface area contributed by atoms with Crippen LogP contribution in [0, 0.1) is 5.92 Å². The summed E-state index contributed by atoms with van der Waals surface area (Å²) in [4.78, 5) is 12.0. The summed E-state index contributed by atoms with van der Waals surface area (Å²) in [6.07, 6.45) is 1.49. The van der Waals surface area contributed by atoms with Crippen LogP contribution in [0.25, 0.3) is 0 Å². The third-order valence-corrected chi connectivity index (χ3v) is 5.18. The van der Waals surface area contributed by atoms with Gasteiger partial charge in [0.2, 0.25) is 5.79 Å². The Bertz CT molecular complexity index is 317. The zero-order valence-corrected chi connectivity index (χ0v) is 12.4.